The fourth-order valence-corrected chi connectivity index (χ4v) is 4.21. The van der Waals surface area contributed by atoms with Gasteiger partial charge < -0.3 is 20.3 Å². The van der Waals surface area contributed by atoms with Crippen LogP contribution in [0.15, 0.2) is 48.2 Å². The average Bonchev–Trinajstić information content (AvgIpc) is 2.79. The lowest BCUT2D eigenvalue weighted by Gasteiger charge is -2.33. The second kappa shape index (κ2) is 10.2. The first kappa shape index (κ1) is 22.4. The Balaban J connectivity index is 1.33. The number of likely N-dealkylation sites (tertiary alicyclic amines) is 1. The van der Waals surface area contributed by atoms with Gasteiger partial charge in [0.25, 0.3) is 11.8 Å². The van der Waals surface area contributed by atoms with Gasteiger partial charge in [-0.3, -0.25) is 9.59 Å². The lowest BCUT2D eigenvalue weighted by atomic mass is 10.0. The molecular formula is C25H28ClN3O3. The van der Waals surface area contributed by atoms with Gasteiger partial charge in [-0.15, -0.1) is 0 Å². The van der Waals surface area contributed by atoms with Crippen molar-refractivity contribution >= 4 is 35.2 Å². The Labute approximate surface area is 193 Å². The highest BCUT2D eigenvalue weighted by molar-refractivity contribution is 6.30. The van der Waals surface area contributed by atoms with E-state index in [1.54, 1.807) is 48.5 Å². The number of fused-ring (bicyclic) bond motifs is 1. The summed E-state index contributed by atoms with van der Waals surface area (Å²) in [6.07, 6.45) is 6.39. The van der Waals surface area contributed by atoms with Crippen LogP contribution in [0.3, 0.4) is 0 Å². The lowest BCUT2D eigenvalue weighted by molar-refractivity contribution is -0.115. The van der Waals surface area contributed by atoms with Gasteiger partial charge in [0.05, 0.1) is 5.69 Å². The topological polar surface area (TPSA) is 70.7 Å². The molecule has 1 atom stereocenters. The minimum absolute atomic E-state index is 0.156. The van der Waals surface area contributed by atoms with E-state index in [1.807, 2.05) is 0 Å². The number of benzene rings is 2. The highest BCUT2D eigenvalue weighted by atomic mass is 35.5. The van der Waals surface area contributed by atoms with Gasteiger partial charge in [0.15, 0.2) is 11.5 Å². The monoisotopic (exact) mass is 453 g/mol. The Morgan fingerprint density at radius 2 is 2.06 bits per heavy atom. The largest absolute Gasteiger partial charge is 0.449 e. The molecule has 2 aromatic carbocycles. The van der Waals surface area contributed by atoms with E-state index in [2.05, 4.69) is 22.5 Å². The van der Waals surface area contributed by atoms with Crippen molar-refractivity contribution in [1.29, 1.82) is 0 Å². The van der Waals surface area contributed by atoms with Gasteiger partial charge in [0.1, 0.15) is 0 Å². The van der Waals surface area contributed by atoms with Gasteiger partial charge in [0, 0.05) is 29.7 Å². The number of halogens is 1. The van der Waals surface area contributed by atoms with E-state index in [4.69, 9.17) is 16.3 Å². The maximum absolute atomic E-state index is 12.6. The maximum Gasteiger partial charge on any atom is 0.291 e. The molecule has 1 fully saturated rings. The first-order valence-electron chi connectivity index (χ1n) is 11.1. The third-order valence-electron chi connectivity index (χ3n) is 5.95. The second-order valence-corrected chi connectivity index (χ2v) is 8.75. The molecule has 0 saturated carbocycles. The number of carbonyl (C=O) groups excluding carboxylic acids is 2. The van der Waals surface area contributed by atoms with Gasteiger partial charge in [-0.05, 0) is 74.7 Å². The molecule has 168 valence electrons. The van der Waals surface area contributed by atoms with Crippen LogP contribution in [0.1, 0.15) is 48.5 Å². The van der Waals surface area contributed by atoms with Crippen LogP contribution in [0.5, 0.6) is 5.75 Å². The van der Waals surface area contributed by atoms with Crippen LogP contribution < -0.4 is 15.4 Å². The van der Waals surface area contributed by atoms with Crippen LogP contribution in [0.2, 0.25) is 5.02 Å². The number of carbonyl (C=O) groups is 2. The lowest BCUT2D eigenvalue weighted by Crippen LogP contribution is -2.39. The zero-order valence-corrected chi connectivity index (χ0v) is 19.0. The molecule has 0 radical (unpaired) electrons. The highest BCUT2D eigenvalue weighted by Gasteiger charge is 2.23. The van der Waals surface area contributed by atoms with E-state index >= 15 is 0 Å². The third-order valence-corrected chi connectivity index (χ3v) is 6.20. The Bertz CT molecular complexity index is 1020. The van der Waals surface area contributed by atoms with Gasteiger partial charge in [0.2, 0.25) is 0 Å². The number of amides is 2. The van der Waals surface area contributed by atoms with Crippen molar-refractivity contribution in [1.82, 2.24) is 10.2 Å². The Kier molecular flexibility index (Phi) is 7.12. The summed E-state index contributed by atoms with van der Waals surface area (Å²) in [5.41, 5.74) is 1.78. The Hall–Kier alpha value is -2.83. The van der Waals surface area contributed by atoms with Crippen LogP contribution in [0.25, 0.3) is 6.08 Å². The van der Waals surface area contributed by atoms with Crippen LogP contribution in [-0.4, -0.2) is 42.4 Å². The summed E-state index contributed by atoms with van der Waals surface area (Å²) in [6, 6.07) is 12.8. The molecule has 1 saturated heterocycles. The fourth-order valence-electron chi connectivity index (χ4n) is 4.09. The standard InChI is InChI=1S/C25H28ClN3O3/c1-17-5-2-3-13-29(17)14-4-12-27-24(30)19-8-11-22-21(16-19)28-25(31)23(32-22)15-18-6-9-20(26)10-7-18/h6-11,15-17H,2-5,12-14H2,1H3,(H,27,30)(H,28,31)/b23-15+/t17-/m1/s1. The van der Waals surface area contributed by atoms with Crippen LogP contribution in [-0.2, 0) is 4.79 Å². The number of nitrogens with one attached hydrogen (secondary N) is 2. The summed E-state index contributed by atoms with van der Waals surface area (Å²) in [5.74, 6) is 0.168. The number of hydrogen-bond acceptors (Lipinski definition) is 4. The Morgan fingerprint density at radius 3 is 2.84 bits per heavy atom. The first-order valence-corrected chi connectivity index (χ1v) is 11.5. The minimum Gasteiger partial charge on any atom is -0.449 e. The van der Waals surface area contributed by atoms with Crippen molar-refractivity contribution in [3.8, 4) is 5.75 Å². The first-order chi connectivity index (χ1) is 15.5. The number of rotatable bonds is 6. The molecule has 2 N–H and O–H groups in total. The molecule has 2 aromatic rings. The molecule has 32 heavy (non-hydrogen) atoms. The van der Waals surface area contributed by atoms with E-state index in [9.17, 15) is 9.59 Å². The summed E-state index contributed by atoms with van der Waals surface area (Å²) in [6.45, 7) is 5.04. The molecule has 2 amide bonds. The number of hydrogen-bond donors (Lipinski definition) is 2. The van der Waals surface area contributed by atoms with Gasteiger partial charge in [-0.25, -0.2) is 0 Å². The molecule has 0 aromatic heterocycles. The molecule has 0 bridgehead atoms. The molecule has 0 spiro atoms. The van der Waals surface area contributed by atoms with Crippen molar-refractivity contribution in [2.24, 2.45) is 0 Å². The van der Waals surface area contributed by atoms with Gasteiger partial charge >= 0.3 is 0 Å². The van der Waals surface area contributed by atoms with Crippen LogP contribution in [0.4, 0.5) is 5.69 Å². The quantitative estimate of drug-likeness (QED) is 0.491. The summed E-state index contributed by atoms with van der Waals surface area (Å²) in [7, 11) is 0. The zero-order chi connectivity index (χ0) is 22.5. The van der Waals surface area contributed by atoms with Crippen LogP contribution in [0, 0.1) is 0 Å². The summed E-state index contributed by atoms with van der Waals surface area (Å²) in [4.78, 5) is 27.5. The predicted octanol–water partition coefficient (Wildman–Crippen LogP) is 4.71. The van der Waals surface area contributed by atoms with Crippen molar-refractivity contribution in [3.05, 3.63) is 64.4 Å². The van der Waals surface area contributed by atoms with Crippen molar-refractivity contribution < 1.29 is 14.3 Å². The molecule has 2 heterocycles. The molecule has 2 aliphatic rings. The highest BCUT2D eigenvalue weighted by Crippen LogP contribution is 2.32. The summed E-state index contributed by atoms with van der Waals surface area (Å²) >= 11 is 5.91. The fraction of sp³-hybridized carbons (Fsp3) is 0.360. The predicted molar refractivity (Wildman–Crippen MR) is 127 cm³/mol. The van der Waals surface area contributed by atoms with E-state index in [1.165, 1.54) is 19.3 Å². The van der Waals surface area contributed by atoms with E-state index in [0.29, 0.717) is 34.6 Å². The zero-order valence-electron chi connectivity index (χ0n) is 18.2. The van der Waals surface area contributed by atoms with Crippen molar-refractivity contribution in [2.75, 3.05) is 25.0 Å². The van der Waals surface area contributed by atoms with Gasteiger partial charge in [-0.2, -0.15) is 0 Å². The van der Waals surface area contributed by atoms with Crippen molar-refractivity contribution in [2.45, 2.75) is 38.6 Å². The van der Waals surface area contributed by atoms with E-state index in [0.717, 1.165) is 25.1 Å². The molecule has 4 rings (SSSR count). The molecular weight excluding hydrogens is 426 g/mol. The summed E-state index contributed by atoms with van der Waals surface area (Å²) < 4.78 is 5.77. The van der Waals surface area contributed by atoms with Crippen molar-refractivity contribution in [3.63, 3.8) is 0 Å². The number of ether oxygens (including phenoxy) is 1. The second-order valence-electron chi connectivity index (χ2n) is 8.32. The van der Waals surface area contributed by atoms with E-state index in [-0.39, 0.29) is 17.6 Å². The molecule has 0 unspecified atom stereocenters. The SMILES string of the molecule is C[C@@H]1CCCCN1CCCNC(=O)c1ccc2c(c1)NC(=O)/C(=C\c1ccc(Cl)cc1)O2. The Morgan fingerprint density at radius 1 is 1.25 bits per heavy atom. The molecule has 6 nitrogen and oxygen atoms in total. The number of anilines is 1. The average molecular weight is 454 g/mol. The minimum atomic E-state index is -0.361. The summed E-state index contributed by atoms with van der Waals surface area (Å²) in [5, 5.41) is 6.41. The third kappa shape index (κ3) is 5.50. The number of nitrogens with zero attached hydrogens (tertiary/aromatic N) is 1. The van der Waals surface area contributed by atoms with Crippen LogP contribution >= 0.6 is 11.6 Å². The van der Waals surface area contributed by atoms with E-state index < -0.39 is 0 Å². The smallest absolute Gasteiger partial charge is 0.291 e. The van der Waals surface area contributed by atoms with Gasteiger partial charge in [-0.1, -0.05) is 30.2 Å². The normalized spacial score (nSPS) is 19.8. The molecule has 0 aliphatic carbocycles. The molecule has 7 heteroatoms. The number of piperidine rings is 1. The molecule has 2 aliphatic heterocycles. The maximum atomic E-state index is 12.6.